The smallest absolute Gasteiger partial charge is 0.0974 e. The minimum absolute atomic E-state index is 0.124. The highest BCUT2D eigenvalue weighted by Crippen LogP contribution is 2.18. The van der Waals surface area contributed by atoms with Crippen LogP contribution in [0.2, 0.25) is 0 Å². The number of rotatable bonds is 4. The fourth-order valence-corrected chi connectivity index (χ4v) is 1.98. The van der Waals surface area contributed by atoms with Crippen LogP contribution in [-0.2, 0) is 0 Å². The SMILES string of the molecule is CCCC[C@@H]1C[C@@H](O)[C@H](O)[C@@H](CO)N1. The number of hydrogen-bond donors (Lipinski definition) is 4. The van der Waals surface area contributed by atoms with Gasteiger partial charge in [-0.25, -0.2) is 0 Å². The molecular weight excluding hydrogens is 182 g/mol. The fraction of sp³-hybridized carbons (Fsp3) is 1.00. The molecule has 4 atom stereocenters. The Labute approximate surface area is 85.0 Å². The first-order valence-electron chi connectivity index (χ1n) is 5.42. The highest BCUT2D eigenvalue weighted by molar-refractivity contribution is 4.91. The number of aliphatic hydroxyl groups excluding tert-OH is 3. The van der Waals surface area contributed by atoms with E-state index in [9.17, 15) is 10.2 Å². The predicted octanol–water partition coefficient (Wildman–Crippen LogP) is -0.379. The van der Waals surface area contributed by atoms with Gasteiger partial charge in [0.05, 0.1) is 24.9 Å². The average molecular weight is 203 g/mol. The van der Waals surface area contributed by atoms with Crippen LogP contribution in [0.25, 0.3) is 0 Å². The van der Waals surface area contributed by atoms with Crippen LogP contribution in [0.15, 0.2) is 0 Å². The molecule has 0 aliphatic carbocycles. The fourth-order valence-electron chi connectivity index (χ4n) is 1.98. The molecule has 1 fully saturated rings. The lowest BCUT2D eigenvalue weighted by Crippen LogP contribution is -2.58. The molecule has 1 saturated heterocycles. The summed E-state index contributed by atoms with van der Waals surface area (Å²) in [5.41, 5.74) is 0. The van der Waals surface area contributed by atoms with Crippen molar-refractivity contribution in [2.24, 2.45) is 0 Å². The molecule has 0 aromatic heterocycles. The molecule has 14 heavy (non-hydrogen) atoms. The summed E-state index contributed by atoms with van der Waals surface area (Å²) in [5, 5.41) is 31.2. The molecule has 0 unspecified atom stereocenters. The molecular formula is C10H21NO3. The Hall–Kier alpha value is -0.160. The molecule has 1 heterocycles. The van der Waals surface area contributed by atoms with Gasteiger partial charge in [0.25, 0.3) is 0 Å². The minimum atomic E-state index is -0.835. The van der Waals surface area contributed by atoms with Crippen LogP contribution in [0.5, 0.6) is 0 Å². The van der Waals surface area contributed by atoms with E-state index < -0.39 is 12.2 Å². The molecule has 0 aromatic carbocycles. The molecule has 0 spiro atoms. The van der Waals surface area contributed by atoms with Crippen molar-refractivity contribution in [3.8, 4) is 0 Å². The lowest BCUT2D eigenvalue weighted by Gasteiger charge is -2.37. The molecule has 0 aromatic rings. The number of hydrogen-bond acceptors (Lipinski definition) is 4. The zero-order valence-electron chi connectivity index (χ0n) is 8.69. The zero-order chi connectivity index (χ0) is 10.6. The molecule has 0 saturated carbocycles. The van der Waals surface area contributed by atoms with Gasteiger partial charge >= 0.3 is 0 Å². The van der Waals surface area contributed by atoms with Gasteiger partial charge in [0.1, 0.15) is 0 Å². The zero-order valence-corrected chi connectivity index (χ0v) is 8.69. The van der Waals surface area contributed by atoms with Crippen molar-refractivity contribution in [1.29, 1.82) is 0 Å². The Kier molecular flexibility index (Phi) is 4.81. The summed E-state index contributed by atoms with van der Waals surface area (Å²) in [5.74, 6) is 0. The van der Waals surface area contributed by atoms with Gasteiger partial charge in [-0.2, -0.15) is 0 Å². The Bertz CT molecular complexity index is 165. The monoisotopic (exact) mass is 203 g/mol. The van der Waals surface area contributed by atoms with E-state index in [4.69, 9.17) is 5.11 Å². The molecule has 4 N–H and O–H groups in total. The van der Waals surface area contributed by atoms with Gasteiger partial charge in [-0.3, -0.25) is 0 Å². The second kappa shape index (κ2) is 5.66. The average Bonchev–Trinajstić information content (AvgIpc) is 2.19. The Balaban J connectivity index is 2.41. The van der Waals surface area contributed by atoms with Crippen molar-refractivity contribution in [3.05, 3.63) is 0 Å². The maximum Gasteiger partial charge on any atom is 0.0974 e. The van der Waals surface area contributed by atoms with Gasteiger partial charge in [0.15, 0.2) is 0 Å². The summed E-state index contributed by atoms with van der Waals surface area (Å²) in [6, 6.07) is -0.147. The highest BCUT2D eigenvalue weighted by atomic mass is 16.3. The van der Waals surface area contributed by atoms with E-state index in [1.165, 1.54) is 0 Å². The van der Waals surface area contributed by atoms with E-state index in [0.29, 0.717) is 6.42 Å². The first kappa shape index (κ1) is 11.9. The molecule has 4 heteroatoms. The minimum Gasteiger partial charge on any atom is -0.395 e. The van der Waals surface area contributed by atoms with Gasteiger partial charge in [0.2, 0.25) is 0 Å². The molecule has 1 aliphatic heterocycles. The standard InChI is InChI=1S/C10H21NO3/c1-2-3-4-7-5-9(13)10(14)8(6-12)11-7/h7-14H,2-6H2,1H3/t7-,8-,9-,10-/m1/s1. The summed E-state index contributed by atoms with van der Waals surface area (Å²) < 4.78 is 0. The lowest BCUT2D eigenvalue weighted by molar-refractivity contribution is -0.0518. The van der Waals surface area contributed by atoms with Gasteiger partial charge in [-0.15, -0.1) is 0 Å². The quantitative estimate of drug-likeness (QED) is 0.502. The van der Waals surface area contributed by atoms with Gasteiger partial charge in [0, 0.05) is 6.04 Å². The van der Waals surface area contributed by atoms with Crippen molar-refractivity contribution in [1.82, 2.24) is 5.32 Å². The van der Waals surface area contributed by atoms with Crippen LogP contribution in [-0.4, -0.2) is 46.2 Å². The molecule has 0 radical (unpaired) electrons. The maximum atomic E-state index is 9.55. The van der Waals surface area contributed by atoms with Crippen LogP contribution in [0.4, 0.5) is 0 Å². The van der Waals surface area contributed by atoms with Crippen LogP contribution in [0.1, 0.15) is 32.6 Å². The van der Waals surface area contributed by atoms with Crippen LogP contribution >= 0.6 is 0 Å². The van der Waals surface area contributed by atoms with Crippen molar-refractivity contribution < 1.29 is 15.3 Å². The summed E-state index contributed by atoms with van der Waals surface area (Å²) in [6.45, 7) is 2.00. The molecule has 0 bridgehead atoms. The lowest BCUT2D eigenvalue weighted by atomic mass is 9.91. The third-order valence-corrected chi connectivity index (χ3v) is 2.89. The van der Waals surface area contributed by atoms with Crippen LogP contribution < -0.4 is 5.32 Å². The summed E-state index contributed by atoms with van der Waals surface area (Å²) in [6.07, 6.45) is 2.28. The number of unbranched alkanes of at least 4 members (excludes halogenated alkanes) is 1. The summed E-state index contributed by atoms with van der Waals surface area (Å²) in [7, 11) is 0. The van der Waals surface area contributed by atoms with Crippen molar-refractivity contribution in [3.63, 3.8) is 0 Å². The van der Waals surface area contributed by atoms with Gasteiger partial charge < -0.3 is 20.6 Å². The molecule has 0 amide bonds. The van der Waals surface area contributed by atoms with E-state index in [0.717, 1.165) is 19.3 Å². The van der Waals surface area contributed by atoms with Crippen molar-refractivity contribution in [2.75, 3.05) is 6.61 Å². The number of nitrogens with one attached hydrogen (secondary N) is 1. The van der Waals surface area contributed by atoms with Crippen LogP contribution in [0.3, 0.4) is 0 Å². The Morgan fingerprint density at radius 2 is 2.07 bits per heavy atom. The summed E-state index contributed by atoms with van der Waals surface area (Å²) >= 11 is 0. The molecule has 84 valence electrons. The Morgan fingerprint density at radius 1 is 1.36 bits per heavy atom. The second-order valence-electron chi connectivity index (χ2n) is 4.09. The number of piperidine rings is 1. The molecule has 1 aliphatic rings. The van der Waals surface area contributed by atoms with Gasteiger partial charge in [-0.05, 0) is 12.8 Å². The van der Waals surface area contributed by atoms with E-state index in [2.05, 4.69) is 12.2 Å². The third-order valence-electron chi connectivity index (χ3n) is 2.89. The van der Waals surface area contributed by atoms with E-state index >= 15 is 0 Å². The topological polar surface area (TPSA) is 72.7 Å². The van der Waals surface area contributed by atoms with E-state index in [-0.39, 0.29) is 18.7 Å². The third kappa shape index (κ3) is 2.92. The number of aliphatic hydroxyl groups is 3. The molecule has 4 nitrogen and oxygen atoms in total. The predicted molar refractivity (Wildman–Crippen MR) is 54.0 cm³/mol. The van der Waals surface area contributed by atoms with E-state index in [1.54, 1.807) is 0 Å². The largest absolute Gasteiger partial charge is 0.395 e. The first-order valence-corrected chi connectivity index (χ1v) is 5.42. The second-order valence-corrected chi connectivity index (χ2v) is 4.09. The molecule has 1 rings (SSSR count). The van der Waals surface area contributed by atoms with Gasteiger partial charge in [-0.1, -0.05) is 19.8 Å². The maximum absolute atomic E-state index is 9.55. The highest BCUT2D eigenvalue weighted by Gasteiger charge is 2.34. The summed E-state index contributed by atoms with van der Waals surface area (Å²) in [4.78, 5) is 0. The Morgan fingerprint density at radius 3 is 2.64 bits per heavy atom. The van der Waals surface area contributed by atoms with Crippen molar-refractivity contribution in [2.45, 2.75) is 56.9 Å². The first-order chi connectivity index (χ1) is 6.69. The van der Waals surface area contributed by atoms with Crippen molar-refractivity contribution >= 4 is 0 Å². The van der Waals surface area contributed by atoms with Crippen LogP contribution in [0, 0.1) is 0 Å². The normalized spacial score (nSPS) is 38.6. The van der Waals surface area contributed by atoms with E-state index in [1.807, 2.05) is 0 Å².